The lowest BCUT2D eigenvalue weighted by atomic mass is 10.1. The average molecular weight is 606 g/mol. The molecule has 236 valence electrons. The molecule has 0 aromatic heterocycles. The molecule has 0 amide bonds. The molecule has 0 unspecified atom stereocenters. The first-order valence-electron chi connectivity index (χ1n) is 15.2. The minimum Gasteiger partial charge on any atom is -0.386 e. The van der Waals surface area contributed by atoms with Gasteiger partial charge in [-0.25, -0.2) is 9.98 Å². The molecule has 0 radical (unpaired) electrons. The van der Waals surface area contributed by atoms with Gasteiger partial charge < -0.3 is 33.2 Å². The van der Waals surface area contributed by atoms with Crippen LogP contribution in [-0.4, -0.2) is 43.7 Å². The third kappa shape index (κ3) is 12.1. The van der Waals surface area contributed by atoms with Crippen molar-refractivity contribution in [2.45, 2.75) is 32.6 Å². The zero-order valence-corrected chi connectivity index (χ0v) is 26.4. The number of nitrogens with one attached hydrogen (secondary N) is 3. The Morgan fingerprint density at radius 2 is 1.27 bits per heavy atom. The van der Waals surface area contributed by atoms with E-state index in [1.54, 1.807) is 12.2 Å². The zero-order valence-electron chi connectivity index (χ0n) is 26.4. The fourth-order valence-electron chi connectivity index (χ4n) is 4.30. The molecule has 0 aliphatic heterocycles. The number of allylic oxidation sites excluding steroid dienone is 1. The summed E-state index contributed by atoms with van der Waals surface area (Å²) in [5.74, 6) is 1.38. The smallest absolute Gasteiger partial charge is 0.131 e. The van der Waals surface area contributed by atoms with Crippen LogP contribution in [0.1, 0.15) is 42.4 Å². The number of anilines is 2. The summed E-state index contributed by atoms with van der Waals surface area (Å²) < 4.78 is 0. The van der Waals surface area contributed by atoms with Gasteiger partial charge in [-0.15, -0.1) is 0 Å². The van der Waals surface area contributed by atoms with Gasteiger partial charge in [-0.3, -0.25) is 4.99 Å². The Labute approximate surface area is 267 Å². The minimum atomic E-state index is 0.446. The number of hydrogen-bond acceptors (Lipinski definition) is 6. The Morgan fingerprint density at radius 3 is 1.82 bits per heavy atom. The SMILES string of the molecule is C=CC(=C)NCCCCNc1ccc(C(N)=Nc2ccc(N=C(N)c3ccc(NCCCCN=C(N)C=C)cc3)c(C)c2)cc1. The molecule has 45 heavy (non-hydrogen) atoms. The van der Waals surface area contributed by atoms with Crippen molar-refractivity contribution >= 4 is 40.3 Å². The van der Waals surface area contributed by atoms with E-state index in [0.717, 1.165) is 90.5 Å². The number of aliphatic imine (C=N–C) groups is 3. The Bertz CT molecular complexity index is 1500. The maximum atomic E-state index is 6.35. The van der Waals surface area contributed by atoms with Gasteiger partial charge in [0.25, 0.3) is 0 Å². The van der Waals surface area contributed by atoms with Gasteiger partial charge >= 0.3 is 0 Å². The van der Waals surface area contributed by atoms with Crippen LogP contribution in [0.15, 0.2) is 119 Å². The fourth-order valence-corrected chi connectivity index (χ4v) is 4.30. The van der Waals surface area contributed by atoms with Crippen LogP contribution in [0.5, 0.6) is 0 Å². The average Bonchev–Trinajstić information content (AvgIpc) is 3.05. The third-order valence-electron chi connectivity index (χ3n) is 6.98. The Kier molecular flexibility index (Phi) is 14.0. The van der Waals surface area contributed by atoms with Crippen LogP contribution in [0, 0.1) is 6.92 Å². The van der Waals surface area contributed by atoms with E-state index in [1.807, 2.05) is 73.7 Å². The molecule has 9 heteroatoms. The lowest BCUT2D eigenvalue weighted by Crippen LogP contribution is -2.14. The molecule has 3 aromatic rings. The van der Waals surface area contributed by atoms with Crippen LogP contribution in [0.3, 0.4) is 0 Å². The second-order valence-corrected chi connectivity index (χ2v) is 10.6. The van der Waals surface area contributed by atoms with Gasteiger partial charge in [0.05, 0.1) is 11.4 Å². The number of hydrogen-bond donors (Lipinski definition) is 6. The van der Waals surface area contributed by atoms with E-state index in [0.29, 0.717) is 24.1 Å². The summed E-state index contributed by atoms with van der Waals surface area (Å²) >= 11 is 0. The van der Waals surface area contributed by atoms with Crippen molar-refractivity contribution in [3.8, 4) is 0 Å². The van der Waals surface area contributed by atoms with Gasteiger partial charge in [0.2, 0.25) is 0 Å². The second kappa shape index (κ2) is 18.4. The highest BCUT2D eigenvalue weighted by Gasteiger charge is 2.05. The van der Waals surface area contributed by atoms with Gasteiger partial charge in [-0.2, -0.15) is 0 Å². The summed E-state index contributed by atoms with van der Waals surface area (Å²) in [5, 5.41) is 10.1. The van der Waals surface area contributed by atoms with Crippen molar-refractivity contribution in [2.24, 2.45) is 32.2 Å². The fraction of sp³-hybridized carbons (Fsp3) is 0.250. The lowest BCUT2D eigenvalue weighted by Gasteiger charge is -2.09. The predicted molar refractivity (Wildman–Crippen MR) is 194 cm³/mol. The number of rotatable bonds is 19. The molecule has 0 atom stereocenters. The van der Waals surface area contributed by atoms with Crippen LogP contribution in [0.4, 0.5) is 22.7 Å². The van der Waals surface area contributed by atoms with Crippen molar-refractivity contribution in [1.29, 1.82) is 0 Å². The van der Waals surface area contributed by atoms with E-state index in [4.69, 9.17) is 17.2 Å². The molecule has 0 bridgehead atoms. The first kappa shape index (κ1) is 34.2. The number of nitrogens with two attached hydrogens (primary N) is 3. The Morgan fingerprint density at radius 1 is 0.711 bits per heavy atom. The summed E-state index contributed by atoms with van der Waals surface area (Å²) in [4.78, 5) is 13.5. The van der Waals surface area contributed by atoms with E-state index in [2.05, 4.69) is 50.7 Å². The summed E-state index contributed by atoms with van der Waals surface area (Å²) in [6, 6.07) is 21.7. The molecule has 0 aliphatic carbocycles. The summed E-state index contributed by atoms with van der Waals surface area (Å²) in [5.41, 5.74) is 25.4. The van der Waals surface area contributed by atoms with Crippen molar-refractivity contribution in [3.05, 3.63) is 121 Å². The zero-order chi connectivity index (χ0) is 32.4. The van der Waals surface area contributed by atoms with Crippen LogP contribution in [0.2, 0.25) is 0 Å². The van der Waals surface area contributed by atoms with E-state index >= 15 is 0 Å². The number of aryl methyl sites for hydroxylation is 1. The van der Waals surface area contributed by atoms with Crippen LogP contribution < -0.4 is 33.2 Å². The highest BCUT2D eigenvalue weighted by atomic mass is 14.9. The summed E-state index contributed by atoms with van der Waals surface area (Å²) in [7, 11) is 0. The molecule has 0 heterocycles. The van der Waals surface area contributed by atoms with E-state index in [-0.39, 0.29) is 0 Å². The van der Waals surface area contributed by atoms with Crippen LogP contribution in [-0.2, 0) is 0 Å². The number of nitrogens with zero attached hydrogens (tertiary/aromatic N) is 3. The van der Waals surface area contributed by atoms with E-state index < -0.39 is 0 Å². The van der Waals surface area contributed by atoms with Crippen molar-refractivity contribution in [2.75, 3.05) is 36.8 Å². The summed E-state index contributed by atoms with van der Waals surface area (Å²) in [6.45, 7) is 16.5. The number of unbranched alkanes of at least 4 members (excludes halogenated alkanes) is 2. The van der Waals surface area contributed by atoms with Gasteiger partial charge in [0.1, 0.15) is 17.5 Å². The second-order valence-electron chi connectivity index (χ2n) is 10.6. The molecule has 0 spiro atoms. The third-order valence-corrected chi connectivity index (χ3v) is 6.98. The highest BCUT2D eigenvalue weighted by molar-refractivity contribution is 6.00. The van der Waals surface area contributed by atoms with E-state index in [1.165, 1.54) is 0 Å². The first-order valence-corrected chi connectivity index (χ1v) is 15.2. The minimum absolute atomic E-state index is 0.446. The molecule has 9 nitrogen and oxygen atoms in total. The topological polar surface area (TPSA) is 151 Å². The summed E-state index contributed by atoms with van der Waals surface area (Å²) in [6.07, 6.45) is 7.31. The Balaban J connectivity index is 1.50. The molecule has 0 saturated heterocycles. The van der Waals surface area contributed by atoms with Crippen molar-refractivity contribution in [3.63, 3.8) is 0 Å². The molecule has 3 rings (SSSR count). The molecule has 0 aliphatic rings. The number of benzene rings is 3. The monoisotopic (exact) mass is 605 g/mol. The van der Waals surface area contributed by atoms with Crippen LogP contribution in [0.25, 0.3) is 0 Å². The molecule has 9 N–H and O–H groups in total. The van der Waals surface area contributed by atoms with E-state index in [9.17, 15) is 0 Å². The maximum Gasteiger partial charge on any atom is 0.131 e. The predicted octanol–water partition coefficient (Wildman–Crippen LogP) is 6.29. The van der Waals surface area contributed by atoms with Gasteiger partial charge in [0.15, 0.2) is 0 Å². The van der Waals surface area contributed by atoms with Crippen LogP contribution >= 0.6 is 0 Å². The number of amidine groups is 3. The standard InChI is InChI=1S/C36H47N9/c1-5-27(4)40-21-7-8-22-41-30-15-11-28(12-16-30)35(38)44-32-19-20-33(26(3)25-32)45-36(39)29-13-17-31(18-14-29)42-23-9-10-24-43-34(37)6-2/h5-6,11-20,25,40-42H,1-2,4,7-10,21-24H2,3H3,(H2,37,43)(H2,38,44)(H2,39,45). The van der Waals surface area contributed by atoms with Gasteiger partial charge in [-0.05, 0) is 117 Å². The molecule has 0 saturated carbocycles. The molecular formula is C36H47N9. The van der Waals surface area contributed by atoms with Gasteiger partial charge in [-0.1, -0.05) is 19.7 Å². The van der Waals surface area contributed by atoms with Crippen molar-refractivity contribution < 1.29 is 0 Å². The lowest BCUT2D eigenvalue weighted by molar-refractivity contribution is 0.704. The van der Waals surface area contributed by atoms with Gasteiger partial charge in [0, 0.05) is 54.4 Å². The molecular weight excluding hydrogens is 558 g/mol. The highest BCUT2D eigenvalue weighted by Crippen LogP contribution is 2.25. The molecule has 3 aromatic carbocycles. The molecule has 0 fully saturated rings. The maximum absolute atomic E-state index is 6.35. The Hall–Kier alpha value is -5.31. The normalized spacial score (nSPS) is 12.0. The largest absolute Gasteiger partial charge is 0.386 e. The first-order chi connectivity index (χ1) is 21.8. The van der Waals surface area contributed by atoms with Crippen molar-refractivity contribution in [1.82, 2.24) is 5.32 Å². The quantitative estimate of drug-likeness (QED) is 0.0409.